The van der Waals surface area contributed by atoms with E-state index in [-0.39, 0.29) is 42.9 Å². The van der Waals surface area contributed by atoms with Gasteiger partial charge in [0.2, 0.25) is 15.9 Å². The zero-order chi connectivity index (χ0) is 24.7. The van der Waals surface area contributed by atoms with Gasteiger partial charge in [-0.05, 0) is 65.9 Å². The molecule has 1 amide bonds. The molecule has 6 nitrogen and oxygen atoms in total. The summed E-state index contributed by atoms with van der Waals surface area (Å²) in [6, 6.07) is 14.2. The van der Waals surface area contributed by atoms with Crippen molar-refractivity contribution in [2.75, 3.05) is 26.8 Å². The molecule has 10 heteroatoms. The van der Waals surface area contributed by atoms with Gasteiger partial charge in [0, 0.05) is 29.5 Å². The monoisotopic (exact) mass is 568 g/mol. The van der Waals surface area contributed by atoms with Crippen LogP contribution in [-0.2, 0) is 32.6 Å². The maximum Gasteiger partial charge on any atom is 0.243 e. The fraction of sp³-hybridized carbons (Fsp3) is 0.292. The molecule has 0 aliphatic heterocycles. The highest BCUT2D eigenvalue weighted by Crippen LogP contribution is 2.22. The molecule has 0 fully saturated rings. The first-order valence-corrected chi connectivity index (χ1v) is 13.6. The SMILES string of the molecule is COCCN(CC(=O)N(Cc1ccc(F)cc1)Cc1sccc1C)S(=O)(=O)c1ccc(Br)cc1. The van der Waals surface area contributed by atoms with Gasteiger partial charge in [0.05, 0.1) is 24.6 Å². The van der Waals surface area contributed by atoms with Crippen LogP contribution in [0.1, 0.15) is 16.0 Å². The van der Waals surface area contributed by atoms with E-state index in [2.05, 4.69) is 15.9 Å². The Balaban J connectivity index is 1.87. The van der Waals surface area contributed by atoms with Crippen molar-refractivity contribution in [3.63, 3.8) is 0 Å². The lowest BCUT2D eigenvalue weighted by atomic mass is 10.2. The lowest BCUT2D eigenvalue weighted by molar-refractivity contribution is -0.132. The van der Waals surface area contributed by atoms with E-state index in [1.807, 2.05) is 18.4 Å². The van der Waals surface area contributed by atoms with Gasteiger partial charge in [-0.25, -0.2) is 12.8 Å². The van der Waals surface area contributed by atoms with Crippen LogP contribution in [0.5, 0.6) is 0 Å². The molecular formula is C24H26BrFN2O4S2. The zero-order valence-corrected chi connectivity index (χ0v) is 22.1. The van der Waals surface area contributed by atoms with Crippen molar-refractivity contribution in [3.05, 3.63) is 86.3 Å². The molecule has 2 aromatic carbocycles. The number of carbonyl (C=O) groups is 1. The van der Waals surface area contributed by atoms with Crippen molar-refractivity contribution in [1.82, 2.24) is 9.21 Å². The van der Waals surface area contributed by atoms with Gasteiger partial charge in [0.1, 0.15) is 5.82 Å². The maximum absolute atomic E-state index is 13.5. The number of rotatable bonds is 11. The van der Waals surface area contributed by atoms with E-state index in [1.165, 1.54) is 42.7 Å². The molecule has 0 aliphatic rings. The standard InChI is InChI=1S/C24H26BrFN2O4S2/c1-18-11-14-33-23(18)16-27(15-19-3-7-21(26)8-4-19)24(29)17-28(12-13-32-2)34(30,31)22-9-5-20(25)6-10-22/h3-11,14H,12-13,15-17H2,1-2H3. The second kappa shape index (κ2) is 12.0. The third kappa shape index (κ3) is 6.96. The molecule has 0 spiro atoms. The molecule has 0 radical (unpaired) electrons. The van der Waals surface area contributed by atoms with Crippen LogP contribution in [0, 0.1) is 12.7 Å². The van der Waals surface area contributed by atoms with Crippen LogP contribution in [0.3, 0.4) is 0 Å². The van der Waals surface area contributed by atoms with Crippen LogP contribution >= 0.6 is 27.3 Å². The van der Waals surface area contributed by atoms with Gasteiger partial charge in [0.15, 0.2) is 0 Å². The predicted octanol–water partition coefficient (Wildman–Crippen LogP) is 4.82. The second-order valence-electron chi connectivity index (χ2n) is 7.69. The quantitative estimate of drug-likeness (QED) is 0.332. The van der Waals surface area contributed by atoms with E-state index in [4.69, 9.17) is 4.74 Å². The largest absolute Gasteiger partial charge is 0.383 e. The predicted molar refractivity (Wildman–Crippen MR) is 134 cm³/mol. The minimum absolute atomic E-state index is 0.0308. The highest BCUT2D eigenvalue weighted by atomic mass is 79.9. The second-order valence-corrected chi connectivity index (χ2v) is 11.5. The first kappa shape index (κ1) is 26.5. The molecule has 3 rings (SSSR count). The molecule has 0 N–H and O–H groups in total. The van der Waals surface area contributed by atoms with E-state index in [0.29, 0.717) is 6.54 Å². The van der Waals surface area contributed by atoms with Gasteiger partial charge in [-0.15, -0.1) is 11.3 Å². The maximum atomic E-state index is 13.5. The topological polar surface area (TPSA) is 66.9 Å². The number of nitrogens with zero attached hydrogens (tertiary/aromatic N) is 2. The summed E-state index contributed by atoms with van der Waals surface area (Å²) < 4.78 is 47.0. The Morgan fingerprint density at radius 2 is 1.74 bits per heavy atom. The van der Waals surface area contributed by atoms with Gasteiger partial charge in [-0.1, -0.05) is 28.1 Å². The van der Waals surface area contributed by atoms with Crippen LogP contribution in [0.25, 0.3) is 0 Å². The lowest BCUT2D eigenvalue weighted by Gasteiger charge is -2.27. The number of amides is 1. The number of ether oxygens (including phenoxy) is 1. The molecule has 0 aliphatic carbocycles. The Morgan fingerprint density at radius 1 is 1.06 bits per heavy atom. The summed E-state index contributed by atoms with van der Waals surface area (Å²) >= 11 is 4.84. The molecule has 0 saturated heterocycles. The minimum Gasteiger partial charge on any atom is -0.383 e. The molecule has 0 unspecified atom stereocenters. The number of aryl methyl sites for hydroxylation is 1. The first-order chi connectivity index (χ1) is 16.2. The fourth-order valence-electron chi connectivity index (χ4n) is 3.27. The molecule has 0 bridgehead atoms. The minimum atomic E-state index is -3.93. The summed E-state index contributed by atoms with van der Waals surface area (Å²) in [4.78, 5) is 16.2. The third-order valence-electron chi connectivity index (χ3n) is 5.25. The molecule has 0 atom stereocenters. The number of methoxy groups -OCH3 is 1. The summed E-state index contributed by atoms with van der Waals surface area (Å²) in [5, 5.41) is 1.95. The lowest BCUT2D eigenvalue weighted by Crippen LogP contribution is -2.43. The summed E-state index contributed by atoms with van der Waals surface area (Å²) in [7, 11) is -2.45. The molecule has 3 aromatic rings. The Bertz CT molecular complexity index is 1200. The summed E-state index contributed by atoms with van der Waals surface area (Å²) in [5.74, 6) is -0.712. The van der Waals surface area contributed by atoms with Gasteiger partial charge in [-0.2, -0.15) is 4.31 Å². The van der Waals surface area contributed by atoms with E-state index in [0.717, 1.165) is 24.8 Å². The number of hydrogen-bond acceptors (Lipinski definition) is 5. The Kier molecular flexibility index (Phi) is 9.38. The van der Waals surface area contributed by atoms with Crippen molar-refractivity contribution in [1.29, 1.82) is 0 Å². The Hall–Kier alpha value is -2.11. The number of hydrogen-bond donors (Lipinski definition) is 0. The molecule has 34 heavy (non-hydrogen) atoms. The Morgan fingerprint density at radius 3 is 2.32 bits per heavy atom. The number of benzene rings is 2. The Labute approximate surface area is 212 Å². The van der Waals surface area contributed by atoms with Crippen molar-refractivity contribution in [2.45, 2.75) is 24.9 Å². The van der Waals surface area contributed by atoms with Crippen LogP contribution in [0.15, 0.2) is 69.3 Å². The molecule has 182 valence electrons. The van der Waals surface area contributed by atoms with Crippen molar-refractivity contribution < 1.29 is 22.3 Å². The summed E-state index contributed by atoms with van der Waals surface area (Å²) in [5.41, 5.74) is 1.81. The number of halogens is 2. The highest BCUT2D eigenvalue weighted by molar-refractivity contribution is 9.10. The number of thiophene rings is 1. The molecule has 1 heterocycles. The van der Waals surface area contributed by atoms with Gasteiger partial charge in [-0.3, -0.25) is 4.79 Å². The third-order valence-corrected chi connectivity index (χ3v) is 8.65. The number of carbonyl (C=O) groups excluding carboxylic acids is 1. The zero-order valence-electron chi connectivity index (χ0n) is 18.9. The average Bonchev–Trinajstić information content (AvgIpc) is 3.22. The smallest absolute Gasteiger partial charge is 0.243 e. The average molecular weight is 570 g/mol. The highest BCUT2D eigenvalue weighted by Gasteiger charge is 2.29. The van der Waals surface area contributed by atoms with Crippen LogP contribution in [0.2, 0.25) is 0 Å². The van der Waals surface area contributed by atoms with Crippen molar-refractivity contribution >= 4 is 43.2 Å². The summed E-state index contributed by atoms with van der Waals surface area (Å²) in [6.45, 7) is 2.36. The van der Waals surface area contributed by atoms with Gasteiger partial charge in [0.25, 0.3) is 0 Å². The van der Waals surface area contributed by atoms with Gasteiger partial charge >= 0.3 is 0 Å². The van der Waals surface area contributed by atoms with E-state index in [9.17, 15) is 17.6 Å². The molecular weight excluding hydrogens is 543 g/mol. The van der Waals surface area contributed by atoms with Crippen molar-refractivity contribution in [3.8, 4) is 0 Å². The fourth-order valence-corrected chi connectivity index (χ4v) is 5.82. The van der Waals surface area contributed by atoms with Crippen LogP contribution in [-0.4, -0.2) is 50.3 Å². The summed E-state index contributed by atoms with van der Waals surface area (Å²) in [6.07, 6.45) is 0. The van der Waals surface area contributed by atoms with E-state index in [1.54, 1.807) is 29.2 Å². The van der Waals surface area contributed by atoms with Gasteiger partial charge < -0.3 is 9.64 Å². The number of sulfonamides is 1. The van der Waals surface area contributed by atoms with Crippen LogP contribution in [0.4, 0.5) is 4.39 Å². The van der Waals surface area contributed by atoms with Crippen molar-refractivity contribution in [2.24, 2.45) is 0 Å². The molecule has 0 saturated carbocycles. The molecule has 1 aromatic heterocycles. The van der Waals surface area contributed by atoms with E-state index >= 15 is 0 Å². The van der Waals surface area contributed by atoms with Crippen LogP contribution < -0.4 is 0 Å². The van der Waals surface area contributed by atoms with E-state index < -0.39 is 10.0 Å². The first-order valence-electron chi connectivity index (χ1n) is 10.5. The normalized spacial score (nSPS) is 11.7.